The van der Waals surface area contributed by atoms with Crippen LogP contribution in [0.5, 0.6) is 0 Å². The Morgan fingerprint density at radius 1 is 1.23 bits per heavy atom. The minimum absolute atomic E-state index is 0. The molecular formula is C11H15ClN-. The largest absolute Gasteiger partial charge is 1.00 e. The molecule has 0 spiro atoms. The second-order valence-electron chi connectivity index (χ2n) is 3.64. The maximum Gasteiger partial charge on any atom is 0.0342 e. The van der Waals surface area contributed by atoms with Crippen LogP contribution < -0.4 is 17.7 Å². The first-order chi connectivity index (χ1) is 5.86. The van der Waals surface area contributed by atoms with Gasteiger partial charge in [-0.3, -0.25) is 0 Å². The zero-order chi connectivity index (χ0) is 8.39. The Hall–Kier alpha value is -0.690. The molecule has 1 atom stereocenters. The predicted octanol–water partition coefficient (Wildman–Crippen LogP) is -0.0990. The van der Waals surface area contributed by atoms with Crippen molar-refractivity contribution < 1.29 is 12.4 Å². The summed E-state index contributed by atoms with van der Waals surface area (Å²) in [6, 6.07) is 11.1. The Balaban J connectivity index is 0.000000845. The maximum atomic E-state index is 3.50. The lowest BCUT2D eigenvalue weighted by atomic mass is 10.2. The van der Waals surface area contributed by atoms with Gasteiger partial charge in [0.15, 0.2) is 0 Å². The third-order valence-corrected chi connectivity index (χ3v) is 2.50. The van der Waals surface area contributed by atoms with Crippen molar-refractivity contribution in [2.75, 3.05) is 5.32 Å². The van der Waals surface area contributed by atoms with E-state index in [0.717, 1.165) is 5.92 Å². The molecule has 1 nitrogen and oxygen atoms in total. The minimum atomic E-state index is 0. The fraction of sp³-hybridized carbons (Fsp3) is 0.455. The molecule has 2 rings (SSSR count). The number of nitrogens with one attached hydrogen (secondary N) is 1. The van der Waals surface area contributed by atoms with E-state index in [2.05, 4.69) is 36.5 Å². The quantitative estimate of drug-likeness (QED) is 0.712. The smallest absolute Gasteiger partial charge is 0.0342 e. The highest BCUT2D eigenvalue weighted by Gasteiger charge is 2.27. The average Bonchev–Trinajstić information content (AvgIpc) is 2.88. The van der Waals surface area contributed by atoms with Gasteiger partial charge in [0, 0.05) is 11.7 Å². The predicted molar refractivity (Wildman–Crippen MR) is 52.3 cm³/mol. The summed E-state index contributed by atoms with van der Waals surface area (Å²) in [5, 5.41) is 3.50. The van der Waals surface area contributed by atoms with Gasteiger partial charge in [-0.15, -0.1) is 0 Å². The number of hydrogen-bond donors (Lipinski definition) is 1. The molecule has 72 valence electrons. The molecule has 2 heteroatoms. The van der Waals surface area contributed by atoms with E-state index < -0.39 is 0 Å². The maximum absolute atomic E-state index is 3.50. The zero-order valence-corrected chi connectivity index (χ0v) is 8.59. The molecule has 13 heavy (non-hydrogen) atoms. The fourth-order valence-electron chi connectivity index (χ4n) is 1.51. The van der Waals surface area contributed by atoms with Gasteiger partial charge in [-0.1, -0.05) is 18.2 Å². The average molecular weight is 197 g/mol. The number of rotatable bonds is 3. The number of anilines is 1. The van der Waals surface area contributed by atoms with Crippen LogP contribution in [0.15, 0.2) is 30.3 Å². The third kappa shape index (κ3) is 2.92. The van der Waals surface area contributed by atoms with Gasteiger partial charge in [0.2, 0.25) is 0 Å². The zero-order valence-electron chi connectivity index (χ0n) is 7.83. The molecule has 0 aromatic heterocycles. The van der Waals surface area contributed by atoms with Gasteiger partial charge in [0.1, 0.15) is 0 Å². The topological polar surface area (TPSA) is 12.0 Å². The molecule has 0 amide bonds. The van der Waals surface area contributed by atoms with Crippen LogP contribution in [0, 0.1) is 5.92 Å². The molecular weight excluding hydrogens is 182 g/mol. The molecule has 1 aromatic carbocycles. The van der Waals surface area contributed by atoms with Gasteiger partial charge in [-0.25, -0.2) is 0 Å². The summed E-state index contributed by atoms with van der Waals surface area (Å²) in [5.74, 6) is 0.921. The molecule has 0 radical (unpaired) electrons. The normalized spacial score (nSPS) is 17.3. The third-order valence-electron chi connectivity index (χ3n) is 2.50. The highest BCUT2D eigenvalue weighted by molar-refractivity contribution is 5.43. The first kappa shape index (κ1) is 10.4. The van der Waals surface area contributed by atoms with E-state index in [-0.39, 0.29) is 12.4 Å². The minimum Gasteiger partial charge on any atom is -1.00 e. The molecule has 1 fully saturated rings. The Morgan fingerprint density at radius 2 is 1.85 bits per heavy atom. The molecule has 1 N–H and O–H groups in total. The van der Waals surface area contributed by atoms with Crippen molar-refractivity contribution in [1.82, 2.24) is 0 Å². The Kier molecular flexibility index (Phi) is 3.61. The summed E-state index contributed by atoms with van der Waals surface area (Å²) in [5.41, 5.74) is 1.25. The van der Waals surface area contributed by atoms with Crippen molar-refractivity contribution in [3.05, 3.63) is 30.3 Å². The standard InChI is InChI=1S/C11H15N.ClH/c1-9(10-7-8-10)12-11-5-3-2-4-6-11;/h2-6,9-10,12H,7-8H2,1H3;1H/p-1. The summed E-state index contributed by atoms with van der Waals surface area (Å²) in [4.78, 5) is 0. The van der Waals surface area contributed by atoms with Crippen molar-refractivity contribution >= 4 is 5.69 Å². The Morgan fingerprint density at radius 3 is 2.38 bits per heavy atom. The van der Waals surface area contributed by atoms with E-state index in [1.807, 2.05) is 6.07 Å². The van der Waals surface area contributed by atoms with E-state index >= 15 is 0 Å². The molecule has 0 saturated heterocycles. The lowest BCUT2D eigenvalue weighted by molar-refractivity contribution is -0.00000251. The van der Waals surface area contributed by atoms with Gasteiger partial charge in [0.05, 0.1) is 0 Å². The lowest BCUT2D eigenvalue weighted by Gasteiger charge is -2.13. The summed E-state index contributed by atoms with van der Waals surface area (Å²) in [6.45, 7) is 2.27. The summed E-state index contributed by atoms with van der Waals surface area (Å²) in [6.07, 6.45) is 2.81. The van der Waals surface area contributed by atoms with Gasteiger partial charge < -0.3 is 17.7 Å². The summed E-state index contributed by atoms with van der Waals surface area (Å²) < 4.78 is 0. The second kappa shape index (κ2) is 4.52. The van der Waals surface area contributed by atoms with Crippen LogP contribution in [0.25, 0.3) is 0 Å². The molecule has 1 aliphatic rings. The van der Waals surface area contributed by atoms with Crippen molar-refractivity contribution in [2.45, 2.75) is 25.8 Å². The van der Waals surface area contributed by atoms with Crippen molar-refractivity contribution in [1.29, 1.82) is 0 Å². The Bertz CT molecular complexity index is 244. The van der Waals surface area contributed by atoms with Gasteiger partial charge >= 0.3 is 0 Å². The van der Waals surface area contributed by atoms with E-state index in [9.17, 15) is 0 Å². The Labute approximate surface area is 86.0 Å². The second-order valence-corrected chi connectivity index (χ2v) is 3.64. The summed E-state index contributed by atoms with van der Waals surface area (Å²) >= 11 is 0. The van der Waals surface area contributed by atoms with Crippen LogP contribution in [0.2, 0.25) is 0 Å². The van der Waals surface area contributed by atoms with Crippen LogP contribution >= 0.6 is 0 Å². The van der Waals surface area contributed by atoms with Crippen LogP contribution in [0.1, 0.15) is 19.8 Å². The summed E-state index contributed by atoms with van der Waals surface area (Å²) in [7, 11) is 0. The van der Waals surface area contributed by atoms with Crippen LogP contribution in [-0.2, 0) is 0 Å². The fourth-order valence-corrected chi connectivity index (χ4v) is 1.51. The SMILES string of the molecule is CC(Nc1ccccc1)C1CC1.[Cl-]. The van der Waals surface area contributed by atoms with Crippen LogP contribution in [0.4, 0.5) is 5.69 Å². The van der Waals surface area contributed by atoms with Crippen molar-refractivity contribution in [3.8, 4) is 0 Å². The van der Waals surface area contributed by atoms with Crippen molar-refractivity contribution in [3.63, 3.8) is 0 Å². The first-order valence-corrected chi connectivity index (χ1v) is 4.68. The van der Waals surface area contributed by atoms with Crippen LogP contribution in [-0.4, -0.2) is 6.04 Å². The van der Waals surface area contributed by atoms with E-state index in [1.165, 1.54) is 18.5 Å². The highest BCUT2D eigenvalue weighted by Crippen LogP contribution is 2.33. The number of halogens is 1. The molecule has 0 bridgehead atoms. The number of benzene rings is 1. The molecule has 1 aliphatic carbocycles. The van der Waals surface area contributed by atoms with Gasteiger partial charge in [-0.05, 0) is 37.8 Å². The molecule has 1 unspecified atom stereocenters. The molecule has 0 aliphatic heterocycles. The highest BCUT2D eigenvalue weighted by atomic mass is 35.5. The lowest BCUT2D eigenvalue weighted by Crippen LogP contribution is -3.00. The molecule has 1 aromatic rings. The first-order valence-electron chi connectivity index (χ1n) is 4.68. The monoisotopic (exact) mass is 196 g/mol. The molecule has 1 saturated carbocycles. The van der Waals surface area contributed by atoms with E-state index in [1.54, 1.807) is 0 Å². The van der Waals surface area contributed by atoms with Gasteiger partial charge in [-0.2, -0.15) is 0 Å². The van der Waals surface area contributed by atoms with Crippen molar-refractivity contribution in [2.24, 2.45) is 5.92 Å². The van der Waals surface area contributed by atoms with Crippen LogP contribution in [0.3, 0.4) is 0 Å². The van der Waals surface area contributed by atoms with Gasteiger partial charge in [0.25, 0.3) is 0 Å². The number of hydrogen-bond acceptors (Lipinski definition) is 1. The number of para-hydroxylation sites is 1. The molecule has 0 heterocycles. The van der Waals surface area contributed by atoms with E-state index in [0.29, 0.717) is 6.04 Å². The van der Waals surface area contributed by atoms with E-state index in [4.69, 9.17) is 0 Å².